The van der Waals surface area contributed by atoms with Crippen LogP contribution in [0.4, 0.5) is 23.0 Å². The first-order valence-corrected chi connectivity index (χ1v) is 8.76. The van der Waals surface area contributed by atoms with Gasteiger partial charge in [0.2, 0.25) is 0 Å². The van der Waals surface area contributed by atoms with E-state index in [2.05, 4.69) is 25.4 Å². The summed E-state index contributed by atoms with van der Waals surface area (Å²) in [6.45, 7) is 0.802. The molecule has 0 atom stereocenters. The number of hydrogen-bond donors (Lipinski definition) is 3. The van der Waals surface area contributed by atoms with Gasteiger partial charge in [0.1, 0.15) is 0 Å². The predicted molar refractivity (Wildman–Crippen MR) is 105 cm³/mol. The van der Waals surface area contributed by atoms with Gasteiger partial charge in [0.15, 0.2) is 5.82 Å². The lowest BCUT2D eigenvalue weighted by atomic mass is 10.2. The van der Waals surface area contributed by atoms with Crippen molar-refractivity contribution >= 4 is 23.0 Å². The van der Waals surface area contributed by atoms with Crippen LogP contribution in [0.2, 0.25) is 0 Å². The zero-order chi connectivity index (χ0) is 20.6. The molecule has 3 aromatic rings. The second kappa shape index (κ2) is 9.48. The molecular weight excluding hydrogens is 378 g/mol. The lowest BCUT2D eigenvalue weighted by Crippen LogP contribution is -2.29. The maximum Gasteiger partial charge on any atom is 0.287 e. The number of non-ortho nitro benzene ring substituents is 1. The molecule has 0 aliphatic rings. The maximum atomic E-state index is 10.9. The summed E-state index contributed by atoms with van der Waals surface area (Å²) < 4.78 is 0. The van der Waals surface area contributed by atoms with Crippen LogP contribution in [0.25, 0.3) is 11.4 Å². The van der Waals surface area contributed by atoms with Crippen LogP contribution in [0.5, 0.6) is 0 Å². The van der Waals surface area contributed by atoms with Crippen LogP contribution in [0.1, 0.15) is 0 Å². The summed E-state index contributed by atoms with van der Waals surface area (Å²) in [5.41, 5.74) is 1.89. The first-order chi connectivity index (χ1) is 14.1. The number of aromatic nitrogens is 3. The molecule has 2 aromatic carbocycles. The lowest BCUT2D eigenvalue weighted by molar-refractivity contribution is -0.384. The molecule has 29 heavy (non-hydrogen) atoms. The van der Waals surface area contributed by atoms with E-state index in [1.165, 1.54) is 12.1 Å². The first-order valence-electron chi connectivity index (χ1n) is 8.76. The molecule has 0 aliphatic heterocycles. The average molecular weight is 397 g/mol. The molecule has 0 radical (unpaired) electrons. The molecule has 0 aliphatic carbocycles. The summed E-state index contributed by atoms with van der Waals surface area (Å²) in [7, 11) is 0. The van der Waals surface area contributed by atoms with Crippen LogP contribution in [0.3, 0.4) is 0 Å². The summed E-state index contributed by atoms with van der Waals surface area (Å²) >= 11 is 0. The summed E-state index contributed by atoms with van der Waals surface area (Å²) in [5, 5.41) is 43.8. The van der Waals surface area contributed by atoms with Gasteiger partial charge in [-0.3, -0.25) is 15.2 Å². The van der Waals surface area contributed by atoms with Gasteiger partial charge in [-0.2, -0.15) is 4.98 Å². The highest BCUT2D eigenvalue weighted by molar-refractivity contribution is 5.59. The molecule has 1 aromatic heterocycles. The second-order valence-corrected chi connectivity index (χ2v) is 5.94. The fourth-order valence-corrected chi connectivity index (χ4v) is 2.64. The Bertz CT molecular complexity index is 982. The number of benzene rings is 2. The van der Waals surface area contributed by atoms with Gasteiger partial charge in [-0.05, 0) is 24.3 Å². The highest BCUT2D eigenvalue weighted by Crippen LogP contribution is 2.24. The molecule has 0 fully saturated rings. The van der Waals surface area contributed by atoms with Crippen molar-refractivity contribution in [3.05, 3.63) is 58.6 Å². The maximum absolute atomic E-state index is 10.9. The number of aliphatic hydroxyl groups is 2. The third kappa shape index (κ3) is 5.18. The van der Waals surface area contributed by atoms with Crippen molar-refractivity contribution in [1.82, 2.24) is 15.2 Å². The van der Waals surface area contributed by atoms with Crippen molar-refractivity contribution in [3.63, 3.8) is 0 Å². The minimum absolute atomic E-state index is 0.0147. The van der Waals surface area contributed by atoms with Crippen LogP contribution in [-0.2, 0) is 0 Å². The number of aliphatic hydroxyl groups excluding tert-OH is 2. The van der Waals surface area contributed by atoms with Gasteiger partial charge in [-0.1, -0.05) is 12.1 Å². The fourth-order valence-electron chi connectivity index (χ4n) is 2.64. The number of nitro groups is 1. The number of azo groups is 1. The molecule has 0 spiro atoms. The number of anilines is 1. The van der Waals surface area contributed by atoms with E-state index in [0.29, 0.717) is 30.2 Å². The number of nitrogens with one attached hydrogen (secondary N) is 1. The van der Waals surface area contributed by atoms with E-state index in [4.69, 9.17) is 10.2 Å². The Morgan fingerprint density at radius 1 is 1.07 bits per heavy atom. The number of aromatic amines is 1. The van der Waals surface area contributed by atoms with E-state index >= 15 is 0 Å². The van der Waals surface area contributed by atoms with Crippen LogP contribution in [0.15, 0.2) is 58.8 Å². The Balaban J connectivity index is 1.71. The molecule has 11 heteroatoms. The van der Waals surface area contributed by atoms with Gasteiger partial charge in [0.25, 0.3) is 11.6 Å². The molecule has 11 nitrogen and oxygen atoms in total. The molecule has 3 rings (SSSR count). The fraction of sp³-hybridized carbons (Fsp3) is 0.222. The Kier molecular flexibility index (Phi) is 6.55. The third-order valence-electron chi connectivity index (χ3n) is 4.01. The molecule has 0 saturated heterocycles. The number of H-pyrrole nitrogens is 1. The van der Waals surface area contributed by atoms with Crippen molar-refractivity contribution in [2.45, 2.75) is 0 Å². The molecule has 1 heterocycles. The lowest BCUT2D eigenvalue weighted by Gasteiger charge is -2.22. The quantitative estimate of drug-likeness (QED) is 0.285. The predicted octanol–water partition coefficient (Wildman–Crippen LogP) is 2.59. The number of hydrogen-bond acceptors (Lipinski definition) is 9. The Morgan fingerprint density at radius 2 is 1.79 bits per heavy atom. The van der Waals surface area contributed by atoms with Crippen molar-refractivity contribution in [1.29, 1.82) is 0 Å². The van der Waals surface area contributed by atoms with Crippen LogP contribution >= 0.6 is 0 Å². The zero-order valence-electron chi connectivity index (χ0n) is 15.3. The van der Waals surface area contributed by atoms with Crippen molar-refractivity contribution in [3.8, 4) is 11.4 Å². The van der Waals surface area contributed by atoms with Gasteiger partial charge >= 0.3 is 0 Å². The van der Waals surface area contributed by atoms with Crippen molar-refractivity contribution < 1.29 is 15.1 Å². The molecule has 0 amide bonds. The Labute approximate surface area is 165 Å². The van der Waals surface area contributed by atoms with Gasteiger partial charge in [-0.15, -0.1) is 15.3 Å². The molecule has 3 N–H and O–H groups in total. The second-order valence-electron chi connectivity index (χ2n) is 5.94. The topological polar surface area (TPSA) is 153 Å². The highest BCUT2D eigenvalue weighted by atomic mass is 16.6. The van der Waals surface area contributed by atoms with Crippen LogP contribution in [0, 0.1) is 10.1 Å². The average Bonchev–Trinajstić information content (AvgIpc) is 3.22. The molecular formula is C18H19N7O4. The Morgan fingerprint density at radius 3 is 2.45 bits per heavy atom. The number of nitrogens with zero attached hydrogens (tertiary/aromatic N) is 6. The first kappa shape index (κ1) is 20.0. The van der Waals surface area contributed by atoms with Gasteiger partial charge < -0.3 is 15.1 Å². The van der Waals surface area contributed by atoms with Gasteiger partial charge in [-0.25, -0.2) is 0 Å². The Hall–Kier alpha value is -3.70. The third-order valence-corrected chi connectivity index (χ3v) is 4.01. The number of rotatable bonds is 9. The van der Waals surface area contributed by atoms with E-state index < -0.39 is 4.92 Å². The normalized spacial score (nSPS) is 11.1. The van der Waals surface area contributed by atoms with Crippen molar-refractivity contribution in [2.75, 3.05) is 31.2 Å². The smallest absolute Gasteiger partial charge is 0.287 e. The molecule has 0 bridgehead atoms. The van der Waals surface area contributed by atoms with E-state index in [9.17, 15) is 10.1 Å². The SMILES string of the molecule is O=[N+]([O-])c1cccc(-c2nc(N=Nc3ccc(N(CCO)CCO)cc3)n[nH]2)c1. The van der Waals surface area contributed by atoms with E-state index in [0.717, 1.165) is 5.69 Å². The summed E-state index contributed by atoms with van der Waals surface area (Å²) in [6, 6.07) is 13.1. The molecule has 0 unspecified atom stereocenters. The minimum atomic E-state index is -0.480. The van der Waals surface area contributed by atoms with E-state index in [1.807, 2.05) is 17.0 Å². The number of nitro benzene ring substituents is 1. The van der Waals surface area contributed by atoms with Crippen LogP contribution in [-0.4, -0.2) is 56.6 Å². The van der Waals surface area contributed by atoms with Gasteiger partial charge in [0.05, 0.1) is 23.8 Å². The monoisotopic (exact) mass is 397 g/mol. The minimum Gasteiger partial charge on any atom is -0.395 e. The summed E-state index contributed by atoms with van der Waals surface area (Å²) in [6.07, 6.45) is 0. The van der Waals surface area contributed by atoms with Gasteiger partial charge in [0, 0.05) is 36.5 Å². The zero-order valence-corrected chi connectivity index (χ0v) is 15.3. The largest absolute Gasteiger partial charge is 0.395 e. The summed E-state index contributed by atoms with van der Waals surface area (Å²) in [4.78, 5) is 16.4. The molecule has 0 saturated carbocycles. The van der Waals surface area contributed by atoms with E-state index in [-0.39, 0.29) is 24.8 Å². The standard InChI is InChI=1S/C18H19N7O4/c26-10-8-24(9-11-27)15-6-4-14(5-7-15)20-22-18-19-17(21-23-18)13-2-1-3-16(12-13)25(28)29/h1-7,12,26-27H,8-11H2,(H,19,21,23). The van der Waals surface area contributed by atoms with Crippen LogP contribution < -0.4 is 4.90 Å². The van der Waals surface area contributed by atoms with Crippen molar-refractivity contribution in [2.24, 2.45) is 10.2 Å². The summed E-state index contributed by atoms with van der Waals surface area (Å²) in [5.74, 6) is 0.444. The molecule has 150 valence electrons. The van der Waals surface area contributed by atoms with E-state index in [1.54, 1.807) is 24.3 Å². The highest BCUT2D eigenvalue weighted by Gasteiger charge is 2.10.